The van der Waals surface area contributed by atoms with Gasteiger partial charge in [-0.3, -0.25) is 4.79 Å². The highest BCUT2D eigenvalue weighted by Gasteiger charge is 2.13. The van der Waals surface area contributed by atoms with Crippen LogP contribution >= 0.6 is 0 Å². The minimum absolute atomic E-state index is 0.0234. The van der Waals surface area contributed by atoms with Crippen LogP contribution in [-0.2, 0) is 16.0 Å². The van der Waals surface area contributed by atoms with Crippen molar-refractivity contribution in [1.29, 1.82) is 0 Å². The van der Waals surface area contributed by atoms with E-state index in [4.69, 9.17) is 14.2 Å². The summed E-state index contributed by atoms with van der Waals surface area (Å²) in [5.74, 6) is -0.335. The molecule has 0 radical (unpaired) electrons. The average Bonchev–Trinajstić information content (AvgIpc) is 3.05. The molecule has 5 aromatic rings. The van der Waals surface area contributed by atoms with Crippen molar-refractivity contribution in [2.45, 2.75) is 6.54 Å². The molecule has 0 atom stereocenters. The lowest BCUT2D eigenvalue weighted by molar-refractivity contribution is -0.00841. The molecule has 44 heavy (non-hydrogen) atoms. The van der Waals surface area contributed by atoms with Gasteiger partial charge in [-0.2, -0.15) is 0 Å². The second-order valence-electron chi connectivity index (χ2n) is 10.1. The van der Waals surface area contributed by atoms with E-state index >= 15 is 0 Å². The Morgan fingerprint density at radius 2 is 1.57 bits per heavy atom. The number of methoxy groups -OCH3 is 1. The molecule has 0 aliphatic heterocycles. The zero-order valence-corrected chi connectivity index (χ0v) is 24.4. The van der Waals surface area contributed by atoms with Gasteiger partial charge in [0.15, 0.2) is 12.6 Å². The second-order valence-corrected chi connectivity index (χ2v) is 10.1. The summed E-state index contributed by atoms with van der Waals surface area (Å²) in [5.41, 5.74) is 5.11. The van der Waals surface area contributed by atoms with Gasteiger partial charge in [0.2, 0.25) is 0 Å². The molecule has 0 aliphatic rings. The molecule has 0 heterocycles. The second kappa shape index (κ2) is 14.9. The van der Waals surface area contributed by atoms with E-state index in [2.05, 4.69) is 10.6 Å². The first-order valence-corrected chi connectivity index (χ1v) is 14.3. The van der Waals surface area contributed by atoms with Crippen molar-refractivity contribution in [2.75, 3.05) is 39.0 Å². The van der Waals surface area contributed by atoms with E-state index in [1.165, 1.54) is 0 Å². The van der Waals surface area contributed by atoms with Crippen LogP contribution in [0.4, 0.5) is 11.4 Å². The number of carbonyl (C=O) groups is 2. The van der Waals surface area contributed by atoms with Crippen molar-refractivity contribution in [3.05, 3.63) is 126 Å². The number of hydrogen-bond donors (Lipinski definition) is 3. The zero-order valence-electron chi connectivity index (χ0n) is 24.4. The Labute approximate surface area is 256 Å². The van der Waals surface area contributed by atoms with Gasteiger partial charge in [-0.05, 0) is 69.9 Å². The fourth-order valence-electron chi connectivity index (χ4n) is 4.86. The normalized spacial score (nSPS) is 10.9. The average molecular weight is 591 g/mol. The largest absolute Gasteiger partial charge is 0.478 e. The first-order valence-electron chi connectivity index (χ1n) is 14.3. The number of benzene rings is 5. The molecular formula is C36H34N2O6. The van der Waals surface area contributed by atoms with Gasteiger partial charge in [0.25, 0.3) is 0 Å². The maximum atomic E-state index is 13.2. The molecule has 0 amide bonds. The van der Waals surface area contributed by atoms with E-state index in [1.807, 2.05) is 84.9 Å². The van der Waals surface area contributed by atoms with Crippen LogP contribution in [0, 0.1) is 0 Å². The number of hydrogen-bond acceptors (Lipinski definition) is 7. The molecule has 8 nitrogen and oxygen atoms in total. The van der Waals surface area contributed by atoms with Crippen molar-refractivity contribution < 1.29 is 28.9 Å². The minimum atomic E-state index is -1.000. The molecule has 224 valence electrons. The number of para-hydroxylation sites is 1. The van der Waals surface area contributed by atoms with Crippen LogP contribution in [0.25, 0.3) is 21.9 Å². The molecule has 0 bridgehead atoms. The van der Waals surface area contributed by atoms with Crippen molar-refractivity contribution in [1.82, 2.24) is 5.32 Å². The van der Waals surface area contributed by atoms with Gasteiger partial charge in [0.05, 0.1) is 31.0 Å². The molecule has 5 rings (SSSR count). The van der Waals surface area contributed by atoms with Crippen LogP contribution in [0.15, 0.2) is 109 Å². The summed E-state index contributed by atoms with van der Waals surface area (Å²) in [6.07, 6.45) is 0. The Morgan fingerprint density at radius 1 is 0.795 bits per heavy atom. The number of anilines is 2. The first kappa shape index (κ1) is 30.4. The predicted octanol–water partition coefficient (Wildman–Crippen LogP) is 6.92. The number of aromatic carboxylic acids is 1. The maximum Gasteiger partial charge on any atom is 0.337 e. The summed E-state index contributed by atoms with van der Waals surface area (Å²) in [6.45, 7) is 1.69. The molecule has 0 saturated heterocycles. The van der Waals surface area contributed by atoms with E-state index in [0.29, 0.717) is 36.8 Å². The number of carbonyl (C=O) groups excluding carboxylic acids is 1. The molecule has 0 spiro atoms. The summed E-state index contributed by atoms with van der Waals surface area (Å²) >= 11 is 0. The third-order valence-corrected chi connectivity index (χ3v) is 7.10. The molecule has 0 saturated carbocycles. The Hall–Kier alpha value is -5.02. The van der Waals surface area contributed by atoms with Crippen LogP contribution in [-0.4, -0.2) is 50.5 Å². The lowest BCUT2D eigenvalue weighted by Crippen LogP contribution is -2.23. The van der Waals surface area contributed by atoms with Gasteiger partial charge in [0.1, 0.15) is 5.75 Å². The Kier molecular flexibility index (Phi) is 10.3. The first-order chi connectivity index (χ1) is 21.5. The van der Waals surface area contributed by atoms with Crippen LogP contribution in [0.3, 0.4) is 0 Å². The fourth-order valence-corrected chi connectivity index (χ4v) is 4.86. The topological polar surface area (TPSA) is 106 Å². The predicted molar refractivity (Wildman–Crippen MR) is 172 cm³/mol. The number of fused-ring (bicyclic) bond motifs is 1. The van der Waals surface area contributed by atoms with Crippen LogP contribution in [0.1, 0.15) is 26.3 Å². The van der Waals surface area contributed by atoms with Crippen LogP contribution < -0.4 is 15.4 Å². The molecule has 0 aromatic heterocycles. The third kappa shape index (κ3) is 7.87. The molecule has 5 aromatic carbocycles. The summed E-state index contributed by atoms with van der Waals surface area (Å²) in [4.78, 5) is 24.9. The zero-order chi connectivity index (χ0) is 30.7. The van der Waals surface area contributed by atoms with Gasteiger partial charge in [-0.15, -0.1) is 0 Å². The number of ketones is 1. The van der Waals surface area contributed by atoms with Gasteiger partial charge in [-0.25, -0.2) is 4.79 Å². The smallest absolute Gasteiger partial charge is 0.337 e. The van der Waals surface area contributed by atoms with E-state index < -0.39 is 5.97 Å². The van der Waals surface area contributed by atoms with E-state index in [-0.39, 0.29) is 24.7 Å². The number of ether oxygens (including phenoxy) is 3. The van der Waals surface area contributed by atoms with E-state index in [9.17, 15) is 14.7 Å². The fraction of sp³-hybridized carbons (Fsp3) is 0.167. The number of carboxylic acids is 1. The highest BCUT2D eigenvalue weighted by molar-refractivity contribution is 6.01. The van der Waals surface area contributed by atoms with Gasteiger partial charge in [-0.1, -0.05) is 66.7 Å². The highest BCUT2D eigenvalue weighted by atomic mass is 16.7. The standard InChI is InChI=1S/C36H34N2O6/c1-42-17-18-43-24-44-31-15-13-26-19-28(12-11-27(26)21-31)35(39)23-37-22-29-20-30(14-16-32(29)25-7-3-2-4-8-25)38-34-10-6-5-9-33(34)36(40)41/h2-16,19-21,37-38H,17-18,22-24H2,1H3,(H,40,41). The Bertz CT molecular complexity index is 1740. The van der Waals surface area contributed by atoms with Crippen LogP contribution in [0.5, 0.6) is 5.75 Å². The summed E-state index contributed by atoms with van der Waals surface area (Å²) in [5, 5.41) is 18.0. The van der Waals surface area contributed by atoms with Crippen molar-refractivity contribution in [2.24, 2.45) is 0 Å². The van der Waals surface area contributed by atoms with Crippen molar-refractivity contribution >= 4 is 33.9 Å². The maximum absolute atomic E-state index is 13.2. The molecule has 3 N–H and O–H groups in total. The Morgan fingerprint density at radius 3 is 2.39 bits per heavy atom. The summed E-state index contributed by atoms with van der Waals surface area (Å²) in [7, 11) is 1.62. The minimum Gasteiger partial charge on any atom is -0.478 e. The number of rotatable bonds is 15. The quantitative estimate of drug-likeness (QED) is 0.0686. The van der Waals surface area contributed by atoms with Gasteiger partial charge >= 0.3 is 5.97 Å². The SMILES string of the molecule is COCCOCOc1ccc2cc(C(=O)CNCc3cc(Nc4ccccc4C(=O)O)ccc3-c3ccccc3)ccc2c1. The van der Waals surface area contributed by atoms with Crippen molar-refractivity contribution in [3.63, 3.8) is 0 Å². The van der Waals surface area contributed by atoms with Gasteiger partial charge < -0.3 is 30.0 Å². The summed E-state index contributed by atoms with van der Waals surface area (Å²) in [6, 6.07) is 34.1. The number of Topliss-reactive ketones (excluding diaryl/α,β-unsaturated/α-hetero) is 1. The van der Waals surface area contributed by atoms with E-state index in [0.717, 1.165) is 33.2 Å². The number of nitrogens with one attached hydrogen (secondary N) is 2. The Balaban J connectivity index is 1.27. The molecular weight excluding hydrogens is 556 g/mol. The van der Waals surface area contributed by atoms with Crippen LogP contribution in [0.2, 0.25) is 0 Å². The third-order valence-electron chi connectivity index (χ3n) is 7.10. The molecule has 0 fully saturated rings. The molecule has 0 unspecified atom stereocenters. The number of carboxylic acid groups (broad SMARTS) is 1. The lowest BCUT2D eigenvalue weighted by atomic mass is 9.98. The van der Waals surface area contributed by atoms with Crippen molar-refractivity contribution in [3.8, 4) is 16.9 Å². The lowest BCUT2D eigenvalue weighted by Gasteiger charge is -2.15. The molecule has 0 aliphatic carbocycles. The highest BCUT2D eigenvalue weighted by Crippen LogP contribution is 2.29. The van der Waals surface area contributed by atoms with E-state index in [1.54, 1.807) is 31.4 Å². The summed E-state index contributed by atoms with van der Waals surface area (Å²) < 4.78 is 16.0. The molecule has 8 heteroatoms. The monoisotopic (exact) mass is 590 g/mol. The van der Waals surface area contributed by atoms with Gasteiger partial charge in [0, 0.05) is 24.9 Å².